The van der Waals surface area contributed by atoms with Crippen molar-refractivity contribution >= 4 is 5.96 Å². The van der Waals surface area contributed by atoms with Gasteiger partial charge in [-0.1, -0.05) is 44.2 Å². The molecular formula is C17H30N4. The Morgan fingerprint density at radius 3 is 2.33 bits per heavy atom. The fourth-order valence-electron chi connectivity index (χ4n) is 2.15. The van der Waals surface area contributed by atoms with Crippen molar-refractivity contribution in [2.75, 3.05) is 40.3 Å². The van der Waals surface area contributed by atoms with E-state index in [-0.39, 0.29) is 0 Å². The van der Waals surface area contributed by atoms with Crippen LogP contribution in [0.4, 0.5) is 0 Å². The summed E-state index contributed by atoms with van der Waals surface area (Å²) < 4.78 is 0. The fraction of sp³-hybridized carbons (Fsp3) is 0.588. The van der Waals surface area contributed by atoms with E-state index in [0.717, 1.165) is 45.1 Å². The van der Waals surface area contributed by atoms with Crippen LogP contribution in [-0.2, 0) is 6.54 Å². The molecule has 0 bridgehead atoms. The third kappa shape index (κ3) is 7.14. The average Bonchev–Trinajstić information content (AvgIpc) is 2.51. The van der Waals surface area contributed by atoms with Crippen molar-refractivity contribution in [3.8, 4) is 0 Å². The summed E-state index contributed by atoms with van der Waals surface area (Å²) in [4.78, 5) is 9.15. The number of hydrogen-bond donors (Lipinski definition) is 1. The lowest BCUT2D eigenvalue weighted by Crippen LogP contribution is -2.38. The Kier molecular flexibility index (Phi) is 8.51. The third-order valence-electron chi connectivity index (χ3n) is 3.51. The Morgan fingerprint density at radius 2 is 1.76 bits per heavy atom. The number of benzene rings is 1. The minimum absolute atomic E-state index is 0.720. The van der Waals surface area contributed by atoms with Gasteiger partial charge in [-0.15, -0.1) is 0 Å². The molecule has 0 amide bonds. The number of nitrogens with one attached hydrogen (secondary N) is 1. The molecule has 1 aromatic carbocycles. The van der Waals surface area contributed by atoms with Gasteiger partial charge in [-0.05, 0) is 31.6 Å². The Labute approximate surface area is 129 Å². The molecule has 21 heavy (non-hydrogen) atoms. The van der Waals surface area contributed by atoms with Gasteiger partial charge in [0.15, 0.2) is 5.96 Å². The zero-order chi connectivity index (χ0) is 15.5. The number of hydrogen-bond acceptors (Lipinski definition) is 2. The van der Waals surface area contributed by atoms with Crippen LogP contribution in [0.5, 0.6) is 0 Å². The van der Waals surface area contributed by atoms with E-state index in [1.54, 1.807) is 0 Å². The second-order valence-corrected chi connectivity index (χ2v) is 5.33. The van der Waals surface area contributed by atoms with Crippen molar-refractivity contribution < 1.29 is 0 Å². The molecule has 118 valence electrons. The fourth-order valence-corrected chi connectivity index (χ4v) is 2.15. The van der Waals surface area contributed by atoms with Gasteiger partial charge in [0.1, 0.15) is 0 Å². The van der Waals surface area contributed by atoms with Gasteiger partial charge in [0, 0.05) is 20.6 Å². The molecule has 4 nitrogen and oxygen atoms in total. The van der Waals surface area contributed by atoms with Gasteiger partial charge in [0.05, 0.1) is 6.54 Å². The maximum absolute atomic E-state index is 4.67. The van der Waals surface area contributed by atoms with Gasteiger partial charge in [0.25, 0.3) is 0 Å². The molecule has 0 aliphatic heterocycles. The summed E-state index contributed by atoms with van der Waals surface area (Å²) in [6.07, 6.45) is 1.14. The average molecular weight is 290 g/mol. The smallest absolute Gasteiger partial charge is 0.193 e. The molecule has 0 aliphatic rings. The van der Waals surface area contributed by atoms with Gasteiger partial charge in [0.2, 0.25) is 0 Å². The van der Waals surface area contributed by atoms with Crippen LogP contribution in [0.3, 0.4) is 0 Å². The molecule has 0 radical (unpaired) electrons. The normalized spacial score (nSPS) is 11.8. The summed E-state index contributed by atoms with van der Waals surface area (Å²) in [5, 5.41) is 3.44. The molecule has 0 unspecified atom stereocenters. The highest BCUT2D eigenvalue weighted by Gasteiger charge is 2.02. The summed E-state index contributed by atoms with van der Waals surface area (Å²) in [7, 11) is 4.06. The topological polar surface area (TPSA) is 30.9 Å². The Hall–Kier alpha value is -1.55. The van der Waals surface area contributed by atoms with E-state index in [0.29, 0.717) is 0 Å². The van der Waals surface area contributed by atoms with Crippen molar-refractivity contribution in [2.45, 2.75) is 26.8 Å². The van der Waals surface area contributed by atoms with Gasteiger partial charge in [-0.2, -0.15) is 0 Å². The second-order valence-electron chi connectivity index (χ2n) is 5.33. The Bertz CT molecular complexity index is 397. The van der Waals surface area contributed by atoms with Crippen molar-refractivity contribution in [1.82, 2.24) is 15.1 Å². The lowest BCUT2D eigenvalue weighted by Gasteiger charge is -2.20. The van der Waals surface area contributed by atoms with E-state index in [9.17, 15) is 0 Å². The number of guanidine groups is 1. The van der Waals surface area contributed by atoms with E-state index in [1.165, 1.54) is 5.56 Å². The van der Waals surface area contributed by atoms with E-state index < -0.39 is 0 Å². The first-order chi connectivity index (χ1) is 10.2. The largest absolute Gasteiger partial charge is 0.356 e. The van der Waals surface area contributed by atoms with Gasteiger partial charge in [-0.3, -0.25) is 0 Å². The van der Waals surface area contributed by atoms with E-state index >= 15 is 0 Å². The van der Waals surface area contributed by atoms with Crippen molar-refractivity contribution in [3.05, 3.63) is 35.9 Å². The zero-order valence-corrected chi connectivity index (χ0v) is 14.0. The number of rotatable bonds is 8. The summed E-state index contributed by atoms with van der Waals surface area (Å²) >= 11 is 0. The standard InChI is InChI=1S/C17H30N4/c1-5-21(6-2)14-10-13-18-17(20(3)4)19-15-16-11-8-7-9-12-16/h7-9,11-12H,5-6,10,13-15H2,1-4H3,(H,18,19). The highest BCUT2D eigenvalue weighted by Crippen LogP contribution is 2.00. The molecule has 4 heteroatoms. The van der Waals surface area contributed by atoms with Crippen LogP contribution in [0, 0.1) is 0 Å². The Balaban J connectivity index is 2.39. The molecule has 0 saturated carbocycles. The molecule has 0 aliphatic carbocycles. The predicted molar refractivity (Wildman–Crippen MR) is 91.7 cm³/mol. The van der Waals surface area contributed by atoms with Crippen molar-refractivity contribution in [2.24, 2.45) is 4.99 Å². The first-order valence-electron chi connectivity index (χ1n) is 7.89. The minimum atomic E-state index is 0.720. The summed E-state index contributed by atoms with van der Waals surface area (Å²) in [6.45, 7) is 9.49. The first-order valence-corrected chi connectivity index (χ1v) is 7.89. The minimum Gasteiger partial charge on any atom is -0.356 e. The van der Waals surface area contributed by atoms with Crippen LogP contribution in [-0.4, -0.2) is 56.0 Å². The van der Waals surface area contributed by atoms with Gasteiger partial charge < -0.3 is 15.1 Å². The van der Waals surface area contributed by atoms with Crippen LogP contribution in [0.25, 0.3) is 0 Å². The molecule has 1 aromatic rings. The van der Waals surface area contributed by atoms with Crippen LogP contribution in [0.15, 0.2) is 35.3 Å². The summed E-state index contributed by atoms with van der Waals surface area (Å²) in [6, 6.07) is 10.4. The first kappa shape index (κ1) is 17.5. The summed E-state index contributed by atoms with van der Waals surface area (Å²) in [5.41, 5.74) is 1.24. The zero-order valence-electron chi connectivity index (χ0n) is 14.0. The molecule has 0 aromatic heterocycles. The van der Waals surface area contributed by atoms with Crippen LogP contribution in [0.1, 0.15) is 25.8 Å². The van der Waals surface area contributed by atoms with Gasteiger partial charge >= 0.3 is 0 Å². The molecule has 1 N–H and O–H groups in total. The molecule has 0 fully saturated rings. The lowest BCUT2D eigenvalue weighted by molar-refractivity contribution is 0.300. The molecule has 0 saturated heterocycles. The second kappa shape index (κ2) is 10.2. The van der Waals surface area contributed by atoms with Crippen molar-refractivity contribution in [1.29, 1.82) is 0 Å². The maximum Gasteiger partial charge on any atom is 0.193 e. The highest BCUT2D eigenvalue weighted by atomic mass is 15.3. The Morgan fingerprint density at radius 1 is 1.10 bits per heavy atom. The molecule has 0 spiro atoms. The quantitative estimate of drug-likeness (QED) is 0.453. The van der Waals surface area contributed by atoms with Crippen LogP contribution in [0.2, 0.25) is 0 Å². The molecule has 0 atom stereocenters. The molecular weight excluding hydrogens is 260 g/mol. The van der Waals surface area contributed by atoms with E-state index in [1.807, 2.05) is 25.1 Å². The van der Waals surface area contributed by atoms with Gasteiger partial charge in [-0.25, -0.2) is 4.99 Å². The monoisotopic (exact) mass is 290 g/mol. The van der Waals surface area contributed by atoms with Crippen LogP contribution < -0.4 is 5.32 Å². The lowest BCUT2D eigenvalue weighted by atomic mass is 10.2. The van der Waals surface area contributed by atoms with E-state index in [4.69, 9.17) is 0 Å². The number of nitrogens with zero attached hydrogens (tertiary/aromatic N) is 3. The van der Waals surface area contributed by atoms with Crippen LogP contribution >= 0.6 is 0 Å². The molecule has 1 rings (SSSR count). The van der Waals surface area contributed by atoms with E-state index in [2.05, 4.69) is 53.3 Å². The predicted octanol–water partition coefficient (Wildman–Crippen LogP) is 2.43. The summed E-state index contributed by atoms with van der Waals surface area (Å²) in [5.74, 6) is 0.957. The van der Waals surface area contributed by atoms with Crippen molar-refractivity contribution in [3.63, 3.8) is 0 Å². The number of aliphatic imine (C=N–C) groups is 1. The highest BCUT2D eigenvalue weighted by molar-refractivity contribution is 5.79. The SMILES string of the molecule is CCN(CC)CCCNC(=NCc1ccccc1)N(C)C. The molecule has 0 heterocycles. The third-order valence-corrected chi connectivity index (χ3v) is 3.51. The maximum atomic E-state index is 4.67.